The number of anilines is 2. The van der Waals surface area contributed by atoms with Crippen molar-refractivity contribution in [3.8, 4) is 0 Å². The number of benzene rings is 1. The molecule has 2 aromatic rings. The first kappa shape index (κ1) is 19.8. The molecule has 0 bridgehead atoms. The molecule has 2 amide bonds. The third-order valence-electron chi connectivity index (χ3n) is 5.22. The number of aromatic nitrogens is 1. The van der Waals surface area contributed by atoms with Crippen molar-refractivity contribution in [3.05, 3.63) is 41.4 Å². The molecule has 3 heterocycles. The maximum Gasteiger partial charge on any atom is 0.253 e. The van der Waals surface area contributed by atoms with E-state index >= 15 is 0 Å². The van der Waals surface area contributed by atoms with E-state index in [-0.39, 0.29) is 23.5 Å². The highest BCUT2D eigenvalue weighted by Gasteiger charge is 2.31. The average Bonchev–Trinajstić information content (AvgIpc) is 3.36. The third kappa shape index (κ3) is 4.27. The van der Waals surface area contributed by atoms with Crippen LogP contribution in [0.1, 0.15) is 29.6 Å². The largest absolute Gasteiger partial charge is 0.338 e. The molecule has 2 aliphatic rings. The van der Waals surface area contributed by atoms with E-state index in [0.717, 1.165) is 6.42 Å². The number of likely N-dealkylation sites (tertiary alicyclic amines) is 1. The van der Waals surface area contributed by atoms with Crippen molar-refractivity contribution in [2.75, 3.05) is 35.0 Å². The Hall–Kier alpha value is -2.46. The summed E-state index contributed by atoms with van der Waals surface area (Å²) in [6, 6.07) is 6.73. The first-order valence-corrected chi connectivity index (χ1v) is 12.0. The summed E-state index contributed by atoms with van der Waals surface area (Å²) >= 11 is 1.36. The molecule has 1 unspecified atom stereocenters. The Morgan fingerprint density at radius 3 is 2.79 bits per heavy atom. The van der Waals surface area contributed by atoms with Gasteiger partial charge in [0, 0.05) is 36.8 Å². The molecule has 2 fully saturated rings. The van der Waals surface area contributed by atoms with E-state index in [9.17, 15) is 18.0 Å². The van der Waals surface area contributed by atoms with Crippen molar-refractivity contribution < 1.29 is 18.0 Å². The van der Waals surface area contributed by atoms with Gasteiger partial charge in [0.1, 0.15) is 0 Å². The van der Waals surface area contributed by atoms with Crippen LogP contribution in [0.25, 0.3) is 0 Å². The molecule has 2 aliphatic heterocycles. The van der Waals surface area contributed by atoms with Gasteiger partial charge in [-0.2, -0.15) is 0 Å². The summed E-state index contributed by atoms with van der Waals surface area (Å²) in [5.74, 6) is -0.476. The van der Waals surface area contributed by atoms with Gasteiger partial charge in [0.25, 0.3) is 5.91 Å². The predicted molar refractivity (Wildman–Crippen MR) is 112 cm³/mol. The molecule has 0 radical (unpaired) electrons. The number of nitrogens with zero attached hydrogens (tertiary/aromatic N) is 3. The molecule has 1 aromatic carbocycles. The van der Waals surface area contributed by atoms with Gasteiger partial charge in [-0.1, -0.05) is 6.07 Å². The fraction of sp³-hybridized carbons (Fsp3) is 0.421. The zero-order chi connectivity index (χ0) is 20.4. The van der Waals surface area contributed by atoms with E-state index in [1.54, 1.807) is 40.7 Å². The van der Waals surface area contributed by atoms with Crippen molar-refractivity contribution in [2.45, 2.75) is 19.3 Å². The lowest BCUT2D eigenvalue weighted by Crippen LogP contribution is -2.43. The van der Waals surface area contributed by atoms with Crippen molar-refractivity contribution in [1.82, 2.24) is 9.88 Å². The number of hydrogen-bond donors (Lipinski definition) is 1. The minimum absolute atomic E-state index is 0.130. The minimum atomic E-state index is -3.30. The second kappa shape index (κ2) is 8.11. The topological polar surface area (TPSA) is 99.7 Å². The normalized spacial score (nSPS) is 21.2. The van der Waals surface area contributed by atoms with Gasteiger partial charge in [-0.25, -0.2) is 13.4 Å². The third-order valence-corrected chi connectivity index (χ3v) is 7.78. The van der Waals surface area contributed by atoms with E-state index < -0.39 is 10.0 Å². The number of sulfonamides is 1. The molecule has 4 rings (SSSR count). The quantitative estimate of drug-likeness (QED) is 0.795. The second-order valence-corrected chi connectivity index (χ2v) is 10.1. The van der Waals surface area contributed by atoms with Crippen molar-refractivity contribution >= 4 is 44.0 Å². The van der Waals surface area contributed by atoms with Crippen molar-refractivity contribution in [3.63, 3.8) is 0 Å². The van der Waals surface area contributed by atoms with E-state index in [2.05, 4.69) is 10.3 Å². The maximum absolute atomic E-state index is 13.0. The summed E-state index contributed by atoms with van der Waals surface area (Å²) in [5.41, 5.74) is 0.953. The average molecular weight is 435 g/mol. The lowest BCUT2D eigenvalue weighted by Gasteiger charge is -2.32. The number of carbonyl (C=O) groups excluding carboxylic acids is 2. The SMILES string of the molecule is O=C(Nc1nccs1)C1CCCN(C(=O)c2cccc(N3CCCS3(=O)=O)c2)C1. The molecule has 154 valence electrons. The van der Waals surface area contributed by atoms with Gasteiger partial charge in [-0.15, -0.1) is 11.3 Å². The van der Waals surface area contributed by atoms with E-state index in [0.29, 0.717) is 48.9 Å². The van der Waals surface area contributed by atoms with Crippen LogP contribution >= 0.6 is 11.3 Å². The smallest absolute Gasteiger partial charge is 0.253 e. The van der Waals surface area contributed by atoms with Crippen LogP contribution in [0.2, 0.25) is 0 Å². The number of amides is 2. The van der Waals surface area contributed by atoms with Crippen molar-refractivity contribution in [2.24, 2.45) is 5.92 Å². The number of piperidine rings is 1. The number of carbonyl (C=O) groups is 2. The van der Waals surface area contributed by atoms with E-state index in [4.69, 9.17) is 0 Å². The van der Waals surface area contributed by atoms with Crippen LogP contribution in [0.5, 0.6) is 0 Å². The zero-order valence-electron chi connectivity index (χ0n) is 15.8. The van der Waals surface area contributed by atoms with Crippen LogP contribution in [0.4, 0.5) is 10.8 Å². The number of nitrogens with one attached hydrogen (secondary N) is 1. The zero-order valence-corrected chi connectivity index (χ0v) is 17.4. The Kier molecular flexibility index (Phi) is 5.55. The fourth-order valence-electron chi connectivity index (χ4n) is 3.77. The Bertz CT molecular complexity index is 1010. The van der Waals surface area contributed by atoms with E-state index in [1.165, 1.54) is 15.6 Å². The van der Waals surface area contributed by atoms with Gasteiger partial charge in [-0.3, -0.25) is 13.9 Å². The molecule has 0 spiro atoms. The fourth-order valence-corrected chi connectivity index (χ4v) is 5.86. The summed E-state index contributed by atoms with van der Waals surface area (Å²) in [7, 11) is -3.30. The number of thiazole rings is 1. The van der Waals surface area contributed by atoms with Crippen LogP contribution in [0, 0.1) is 5.92 Å². The summed E-state index contributed by atoms with van der Waals surface area (Å²) in [4.78, 5) is 31.3. The van der Waals surface area contributed by atoms with Crippen LogP contribution in [-0.2, 0) is 14.8 Å². The standard InChI is InChI=1S/C19H22N4O4S2/c24-17(21-19-20-7-10-28-19)15-5-2-8-22(13-15)18(25)14-4-1-6-16(12-14)23-9-3-11-29(23,26)27/h1,4,6-7,10,12,15H,2-3,5,8-9,11,13H2,(H,20,21,24). The van der Waals surface area contributed by atoms with Gasteiger partial charge in [0.05, 0.1) is 17.4 Å². The molecule has 2 saturated heterocycles. The summed E-state index contributed by atoms with van der Waals surface area (Å²) in [5, 5.41) is 5.15. The van der Waals surface area contributed by atoms with Crippen LogP contribution in [0.15, 0.2) is 35.8 Å². The molecule has 1 atom stereocenters. The predicted octanol–water partition coefficient (Wildman–Crippen LogP) is 2.17. The first-order valence-electron chi connectivity index (χ1n) is 9.54. The monoisotopic (exact) mass is 434 g/mol. The molecule has 10 heteroatoms. The summed E-state index contributed by atoms with van der Waals surface area (Å²) < 4.78 is 25.7. The summed E-state index contributed by atoms with van der Waals surface area (Å²) in [6.07, 6.45) is 3.67. The molecular weight excluding hydrogens is 412 g/mol. The van der Waals surface area contributed by atoms with Crippen LogP contribution in [0.3, 0.4) is 0 Å². The van der Waals surface area contributed by atoms with Gasteiger partial charge in [0.15, 0.2) is 5.13 Å². The lowest BCUT2D eigenvalue weighted by molar-refractivity contribution is -0.121. The first-order chi connectivity index (χ1) is 13.9. The summed E-state index contributed by atoms with van der Waals surface area (Å²) in [6.45, 7) is 1.34. The van der Waals surface area contributed by atoms with Gasteiger partial charge >= 0.3 is 0 Å². The van der Waals surface area contributed by atoms with Crippen LogP contribution in [-0.4, -0.2) is 55.5 Å². The molecule has 8 nitrogen and oxygen atoms in total. The lowest BCUT2D eigenvalue weighted by atomic mass is 9.96. The Balaban J connectivity index is 1.46. The highest BCUT2D eigenvalue weighted by molar-refractivity contribution is 7.93. The van der Waals surface area contributed by atoms with Crippen molar-refractivity contribution in [1.29, 1.82) is 0 Å². The number of rotatable bonds is 4. The van der Waals surface area contributed by atoms with Gasteiger partial charge < -0.3 is 10.2 Å². The molecule has 0 saturated carbocycles. The van der Waals surface area contributed by atoms with E-state index in [1.807, 2.05) is 0 Å². The second-order valence-electron chi connectivity index (χ2n) is 7.21. The Morgan fingerprint density at radius 2 is 2.07 bits per heavy atom. The number of hydrogen-bond acceptors (Lipinski definition) is 6. The minimum Gasteiger partial charge on any atom is -0.338 e. The maximum atomic E-state index is 13.0. The molecule has 29 heavy (non-hydrogen) atoms. The van der Waals surface area contributed by atoms with Crippen LogP contribution < -0.4 is 9.62 Å². The Morgan fingerprint density at radius 1 is 1.21 bits per heavy atom. The highest BCUT2D eigenvalue weighted by Crippen LogP contribution is 2.26. The molecular formula is C19H22N4O4S2. The molecule has 1 aromatic heterocycles. The van der Waals surface area contributed by atoms with Gasteiger partial charge in [-0.05, 0) is 37.5 Å². The van der Waals surface area contributed by atoms with Gasteiger partial charge in [0.2, 0.25) is 15.9 Å². The Labute approximate surface area is 173 Å². The molecule has 1 N–H and O–H groups in total. The molecule has 0 aliphatic carbocycles. The highest BCUT2D eigenvalue weighted by atomic mass is 32.2.